The van der Waals surface area contributed by atoms with E-state index in [4.69, 9.17) is 10.5 Å². The van der Waals surface area contributed by atoms with Gasteiger partial charge in [0.2, 0.25) is 5.91 Å². The van der Waals surface area contributed by atoms with Gasteiger partial charge >= 0.3 is 0 Å². The molecule has 0 bridgehead atoms. The number of ether oxygens (including phenoxy) is 1. The fourth-order valence-electron chi connectivity index (χ4n) is 1.66. The van der Waals surface area contributed by atoms with Crippen LogP contribution in [0, 0.1) is 0 Å². The van der Waals surface area contributed by atoms with Gasteiger partial charge in [0.1, 0.15) is 11.5 Å². The van der Waals surface area contributed by atoms with E-state index in [1.165, 1.54) is 19.4 Å². The predicted molar refractivity (Wildman–Crippen MR) is 66.4 cm³/mol. The fraction of sp³-hybridized carbons (Fsp3) is 0.0769. The maximum Gasteiger partial charge on any atom is 0.248 e. The number of nitrogens with zero attached hydrogens (tertiary/aromatic N) is 1. The zero-order valence-corrected chi connectivity index (χ0v) is 9.75. The number of rotatable bonds is 3. The molecule has 0 atom stereocenters. The van der Waals surface area contributed by atoms with Gasteiger partial charge < -0.3 is 15.6 Å². The molecule has 0 aliphatic heterocycles. The molecule has 1 aromatic carbocycles. The summed E-state index contributed by atoms with van der Waals surface area (Å²) in [6.45, 7) is 0. The summed E-state index contributed by atoms with van der Waals surface area (Å²) in [7, 11) is 1.53. The number of benzene rings is 1. The second-order valence-electron chi connectivity index (χ2n) is 3.71. The van der Waals surface area contributed by atoms with E-state index in [-0.39, 0.29) is 5.75 Å². The lowest BCUT2D eigenvalue weighted by Crippen LogP contribution is -2.10. The van der Waals surface area contributed by atoms with Crippen LogP contribution in [0.5, 0.6) is 11.5 Å². The molecule has 1 aromatic heterocycles. The lowest BCUT2D eigenvalue weighted by Gasteiger charge is -2.09. The molecule has 0 aliphatic rings. The Hall–Kier alpha value is -2.56. The maximum absolute atomic E-state index is 11.2. The molecule has 2 rings (SSSR count). The van der Waals surface area contributed by atoms with E-state index in [2.05, 4.69) is 4.98 Å². The number of carbonyl (C=O) groups is 1. The largest absolute Gasteiger partial charge is 0.506 e. The molecule has 5 nitrogen and oxygen atoms in total. The Morgan fingerprint density at radius 2 is 2.11 bits per heavy atom. The number of aromatic nitrogens is 1. The van der Waals surface area contributed by atoms with Gasteiger partial charge in [0.25, 0.3) is 0 Å². The normalized spacial score (nSPS) is 10.1. The number of hydrogen-bond acceptors (Lipinski definition) is 4. The summed E-state index contributed by atoms with van der Waals surface area (Å²) in [4.78, 5) is 15.1. The van der Waals surface area contributed by atoms with E-state index < -0.39 is 5.91 Å². The smallest absolute Gasteiger partial charge is 0.248 e. The molecule has 1 amide bonds. The molecule has 2 aromatic rings. The Kier molecular flexibility index (Phi) is 3.14. The summed E-state index contributed by atoms with van der Waals surface area (Å²) in [5, 5.41) is 9.42. The van der Waals surface area contributed by atoms with E-state index in [1.807, 2.05) is 0 Å². The van der Waals surface area contributed by atoms with Crippen LogP contribution in [-0.4, -0.2) is 23.1 Å². The average molecular weight is 244 g/mol. The van der Waals surface area contributed by atoms with Gasteiger partial charge in [-0.15, -0.1) is 0 Å². The van der Waals surface area contributed by atoms with Crippen molar-refractivity contribution in [1.29, 1.82) is 0 Å². The average Bonchev–Trinajstić information content (AvgIpc) is 2.38. The Morgan fingerprint density at radius 1 is 1.33 bits per heavy atom. The van der Waals surface area contributed by atoms with Gasteiger partial charge in [0.15, 0.2) is 0 Å². The summed E-state index contributed by atoms with van der Waals surface area (Å²) in [5.74, 6) is 0.0958. The molecule has 5 heteroatoms. The van der Waals surface area contributed by atoms with Crippen LogP contribution in [0.4, 0.5) is 0 Å². The molecular weight excluding hydrogens is 232 g/mol. The molecule has 92 valence electrons. The Bertz CT molecular complexity index is 597. The van der Waals surface area contributed by atoms with E-state index in [0.29, 0.717) is 22.4 Å². The Labute approximate surface area is 104 Å². The number of amides is 1. The number of nitrogens with two attached hydrogens (primary N) is 1. The SMILES string of the molecule is COc1ccc(C(N)=O)cc1-c1cncc(O)c1. The van der Waals surface area contributed by atoms with E-state index in [9.17, 15) is 9.90 Å². The van der Waals surface area contributed by atoms with Crippen LogP contribution >= 0.6 is 0 Å². The summed E-state index contributed by atoms with van der Waals surface area (Å²) in [5.41, 5.74) is 6.91. The van der Waals surface area contributed by atoms with Gasteiger partial charge in [-0.05, 0) is 24.3 Å². The highest BCUT2D eigenvalue weighted by Gasteiger charge is 2.10. The molecule has 18 heavy (non-hydrogen) atoms. The van der Waals surface area contributed by atoms with Gasteiger partial charge in [-0.2, -0.15) is 0 Å². The van der Waals surface area contributed by atoms with Crippen molar-refractivity contribution in [3.63, 3.8) is 0 Å². The second-order valence-corrected chi connectivity index (χ2v) is 3.71. The molecule has 0 saturated carbocycles. The van der Waals surface area contributed by atoms with Crippen molar-refractivity contribution in [3.8, 4) is 22.6 Å². The molecule has 0 spiro atoms. The summed E-state index contributed by atoms with van der Waals surface area (Å²) < 4.78 is 5.21. The first-order valence-corrected chi connectivity index (χ1v) is 5.24. The van der Waals surface area contributed by atoms with Crippen molar-refractivity contribution in [2.45, 2.75) is 0 Å². The van der Waals surface area contributed by atoms with Crippen LogP contribution in [0.1, 0.15) is 10.4 Å². The first kappa shape index (κ1) is 11.9. The molecule has 0 fully saturated rings. The molecule has 1 heterocycles. The van der Waals surface area contributed by atoms with Crippen LogP contribution in [0.25, 0.3) is 11.1 Å². The number of methoxy groups -OCH3 is 1. The highest BCUT2D eigenvalue weighted by molar-refractivity contribution is 5.94. The standard InChI is InChI=1S/C13H12N2O3/c1-18-12-3-2-8(13(14)17)5-11(12)9-4-10(16)7-15-6-9/h2-7,16H,1H3,(H2,14,17). The molecular formula is C13H12N2O3. The topological polar surface area (TPSA) is 85.4 Å². The summed E-state index contributed by atoms with van der Waals surface area (Å²) in [6, 6.07) is 6.38. The Morgan fingerprint density at radius 3 is 2.72 bits per heavy atom. The van der Waals surface area contributed by atoms with Crippen LogP contribution in [0.2, 0.25) is 0 Å². The first-order chi connectivity index (χ1) is 8.61. The quantitative estimate of drug-likeness (QED) is 0.858. The Balaban J connectivity index is 2.60. The summed E-state index contributed by atoms with van der Waals surface area (Å²) >= 11 is 0. The number of hydrogen-bond donors (Lipinski definition) is 2. The van der Waals surface area contributed by atoms with Gasteiger partial charge in [-0.1, -0.05) is 0 Å². The molecule has 0 saturated heterocycles. The molecule has 0 radical (unpaired) electrons. The van der Waals surface area contributed by atoms with Crippen LogP contribution in [0.3, 0.4) is 0 Å². The number of pyridine rings is 1. The minimum Gasteiger partial charge on any atom is -0.506 e. The monoisotopic (exact) mass is 244 g/mol. The van der Waals surface area contributed by atoms with Gasteiger partial charge in [0, 0.05) is 22.9 Å². The predicted octanol–water partition coefficient (Wildman–Crippen LogP) is 1.56. The third-order valence-electron chi connectivity index (χ3n) is 2.52. The van der Waals surface area contributed by atoms with E-state index >= 15 is 0 Å². The van der Waals surface area contributed by atoms with Gasteiger partial charge in [-0.25, -0.2) is 0 Å². The highest BCUT2D eigenvalue weighted by atomic mass is 16.5. The van der Waals surface area contributed by atoms with Crippen molar-refractivity contribution in [2.24, 2.45) is 5.73 Å². The highest BCUT2D eigenvalue weighted by Crippen LogP contribution is 2.31. The van der Waals surface area contributed by atoms with Gasteiger partial charge in [-0.3, -0.25) is 9.78 Å². The number of carbonyl (C=O) groups excluding carboxylic acids is 1. The maximum atomic E-state index is 11.2. The van der Waals surface area contributed by atoms with E-state index in [1.54, 1.807) is 24.4 Å². The minimum absolute atomic E-state index is 0.0408. The van der Waals surface area contributed by atoms with Crippen molar-refractivity contribution in [3.05, 3.63) is 42.2 Å². The van der Waals surface area contributed by atoms with Crippen molar-refractivity contribution in [2.75, 3.05) is 7.11 Å². The molecule has 3 N–H and O–H groups in total. The third-order valence-corrected chi connectivity index (χ3v) is 2.52. The van der Waals surface area contributed by atoms with Crippen molar-refractivity contribution >= 4 is 5.91 Å². The number of aromatic hydroxyl groups is 1. The molecule has 0 aliphatic carbocycles. The summed E-state index contributed by atoms with van der Waals surface area (Å²) in [6.07, 6.45) is 2.90. The van der Waals surface area contributed by atoms with E-state index in [0.717, 1.165) is 0 Å². The van der Waals surface area contributed by atoms with Gasteiger partial charge in [0.05, 0.1) is 13.3 Å². The third kappa shape index (κ3) is 2.24. The minimum atomic E-state index is -0.521. The van der Waals surface area contributed by atoms with Crippen LogP contribution in [-0.2, 0) is 0 Å². The second kappa shape index (κ2) is 4.75. The zero-order chi connectivity index (χ0) is 13.1. The zero-order valence-electron chi connectivity index (χ0n) is 9.75. The molecule has 0 unspecified atom stereocenters. The van der Waals surface area contributed by atoms with Crippen LogP contribution in [0.15, 0.2) is 36.7 Å². The van der Waals surface area contributed by atoms with Crippen molar-refractivity contribution < 1.29 is 14.6 Å². The lowest BCUT2D eigenvalue weighted by molar-refractivity contribution is 0.100. The first-order valence-electron chi connectivity index (χ1n) is 5.24. The number of primary amides is 1. The van der Waals surface area contributed by atoms with Crippen molar-refractivity contribution in [1.82, 2.24) is 4.98 Å². The fourth-order valence-corrected chi connectivity index (χ4v) is 1.66. The van der Waals surface area contributed by atoms with Crippen LogP contribution < -0.4 is 10.5 Å². The lowest BCUT2D eigenvalue weighted by atomic mass is 10.0.